The number of nitrogens with two attached hydrogens (primary N) is 1. The maximum absolute atomic E-state index is 11.9. The zero-order valence-electron chi connectivity index (χ0n) is 11.9. The van der Waals surface area contributed by atoms with Gasteiger partial charge in [-0.25, -0.2) is 0 Å². The molecule has 0 aromatic heterocycles. The fourth-order valence-electron chi connectivity index (χ4n) is 2.40. The third-order valence-electron chi connectivity index (χ3n) is 3.84. The van der Waals surface area contributed by atoms with E-state index in [-0.39, 0.29) is 17.9 Å². The summed E-state index contributed by atoms with van der Waals surface area (Å²) in [6, 6.07) is 5.12. The van der Waals surface area contributed by atoms with E-state index in [1.165, 1.54) is 0 Å². The Balaban J connectivity index is 1.65. The van der Waals surface area contributed by atoms with Gasteiger partial charge in [0.25, 0.3) is 5.91 Å². The van der Waals surface area contributed by atoms with Gasteiger partial charge >= 0.3 is 0 Å². The Morgan fingerprint density at radius 2 is 2.29 bits per heavy atom. The normalized spacial score (nSPS) is 21.8. The number of ether oxygens (including phenoxy) is 1. The highest BCUT2D eigenvalue weighted by Crippen LogP contribution is 2.34. The predicted molar refractivity (Wildman–Crippen MR) is 79.1 cm³/mol. The van der Waals surface area contributed by atoms with Crippen LogP contribution in [0.5, 0.6) is 5.75 Å². The third-order valence-corrected chi connectivity index (χ3v) is 3.84. The molecule has 112 valence electrons. The Bertz CT molecular complexity index is 584. The molecule has 3 rings (SSSR count). The summed E-state index contributed by atoms with van der Waals surface area (Å²) in [5.74, 6) is 0.802. The summed E-state index contributed by atoms with van der Waals surface area (Å²) >= 11 is 0. The number of hydrogen-bond acceptors (Lipinski definition) is 4. The van der Waals surface area contributed by atoms with E-state index in [1.54, 1.807) is 25.1 Å². The number of benzene rings is 1. The molecule has 2 amide bonds. The second-order valence-corrected chi connectivity index (χ2v) is 5.71. The Hall–Kier alpha value is -2.08. The molecular formula is C15H19N3O3. The summed E-state index contributed by atoms with van der Waals surface area (Å²) in [6.07, 6.45) is 2.06. The molecule has 0 saturated heterocycles. The van der Waals surface area contributed by atoms with Gasteiger partial charge in [-0.1, -0.05) is 0 Å². The maximum Gasteiger partial charge on any atom is 0.265 e. The van der Waals surface area contributed by atoms with Crippen molar-refractivity contribution in [2.75, 3.05) is 10.6 Å². The topological polar surface area (TPSA) is 93.4 Å². The lowest BCUT2D eigenvalue weighted by Gasteiger charge is -2.23. The number of nitrogens with one attached hydrogen (secondary N) is 2. The average Bonchev–Trinajstić information content (AvgIpc) is 3.24. The Kier molecular flexibility index (Phi) is 3.55. The Labute approximate surface area is 123 Å². The molecule has 1 fully saturated rings. The summed E-state index contributed by atoms with van der Waals surface area (Å²) in [5, 5.41) is 5.56. The molecule has 1 aliphatic heterocycles. The van der Waals surface area contributed by atoms with Crippen LogP contribution in [-0.4, -0.2) is 24.0 Å². The minimum absolute atomic E-state index is 0.0634. The number of hydrogen-bond donors (Lipinski definition) is 3. The lowest BCUT2D eigenvalue weighted by atomic mass is 10.1. The molecule has 0 radical (unpaired) electrons. The van der Waals surface area contributed by atoms with Crippen LogP contribution in [0.2, 0.25) is 0 Å². The molecule has 1 aromatic carbocycles. The molecule has 1 saturated carbocycles. The van der Waals surface area contributed by atoms with E-state index in [4.69, 9.17) is 10.5 Å². The summed E-state index contributed by atoms with van der Waals surface area (Å²) in [5.41, 5.74) is 7.14. The van der Waals surface area contributed by atoms with E-state index in [9.17, 15) is 9.59 Å². The van der Waals surface area contributed by atoms with Crippen molar-refractivity contribution < 1.29 is 14.3 Å². The Morgan fingerprint density at radius 1 is 1.52 bits per heavy atom. The van der Waals surface area contributed by atoms with Gasteiger partial charge in [0, 0.05) is 18.2 Å². The first-order valence-corrected chi connectivity index (χ1v) is 7.20. The van der Waals surface area contributed by atoms with Gasteiger partial charge in [-0.2, -0.15) is 0 Å². The molecular weight excluding hydrogens is 270 g/mol. The molecule has 2 atom stereocenters. The van der Waals surface area contributed by atoms with Crippen LogP contribution in [-0.2, 0) is 9.59 Å². The molecule has 2 aliphatic rings. The van der Waals surface area contributed by atoms with Gasteiger partial charge in [0.05, 0.1) is 5.69 Å². The van der Waals surface area contributed by atoms with Crippen molar-refractivity contribution in [3.63, 3.8) is 0 Å². The highest BCUT2D eigenvalue weighted by molar-refractivity contribution is 5.99. The van der Waals surface area contributed by atoms with E-state index >= 15 is 0 Å². The second kappa shape index (κ2) is 5.37. The van der Waals surface area contributed by atoms with Crippen LogP contribution in [0.15, 0.2) is 18.2 Å². The van der Waals surface area contributed by atoms with Gasteiger partial charge in [-0.15, -0.1) is 0 Å². The van der Waals surface area contributed by atoms with Crippen LogP contribution in [0.4, 0.5) is 11.4 Å². The van der Waals surface area contributed by atoms with Gasteiger partial charge < -0.3 is 21.1 Å². The van der Waals surface area contributed by atoms with Crippen molar-refractivity contribution in [1.82, 2.24) is 0 Å². The van der Waals surface area contributed by atoms with Crippen LogP contribution in [0.1, 0.15) is 26.2 Å². The lowest BCUT2D eigenvalue weighted by Crippen LogP contribution is -2.34. The molecule has 2 unspecified atom stereocenters. The molecule has 1 aromatic rings. The summed E-state index contributed by atoms with van der Waals surface area (Å²) in [7, 11) is 0. The van der Waals surface area contributed by atoms with E-state index in [1.807, 2.05) is 0 Å². The first-order chi connectivity index (χ1) is 10.0. The van der Waals surface area contributed by atoms with Gasteiger partial charge in [-0.05, 0) is 43.9 Å². The lowest BCUT2D eigenvalue weighted by molar-refractivity contribution is -0.122. The maximum atomic E-state index is 11.9. The second-order valence-electron chi connectivity index (χ2n) is 5.71. The van der Waals surface area contributed by atoms with Crippen molar-refractivity contribution in [2.24, 2.45) is 11.7 Å². The summed E-state index contributed by atoms with van der Waals surface area (Å²) in [4.78, 5) is 23.5. The summed E-state index contributed by atoms with van der Waals surface area (Å²) in [6.45, 7) is 1.69. The van der Waals surface area contributed by atoms with Crippen LogP contribution in [0.3, 0.4) is 0 Å². The quantitative estimate of drug-likeness (QED) is 0.782. The van der Waals surface area contributed by atoms with Crippen molar-refractivity contribution in [1.29, 1.82) is 0 Å². The minimum atomic E-state index is -0.505. The van der Waals surface area contributed by atoms with E-state index < -0.39 is 6.10 Å². The van der Waals surface area contributed by atoms with Crippen molar-refractivity contribution >= 4 is 23.2 Å². The predicted octanol–water partition coefficient (Wildman–Crippen LogP) is 1.47. The number of fused-ring (bicyclic) bond motifs is 1. The molecule has 4 N–H and O–H groups in total. The first kappa shape index (κ1) is 13.9. The van der Waals surface area contributed by atoms with Gasteiger partial charge in [0.2, 0.25) is 5.91 Å². The van der Waals surface area contributed by atoms with E-state index in [0.717, 1.165) is 12.8 Å². The third kappa shape index (κ3) is 3.16. The van der Waals surface area contributed by atoms with Gasteiger partial charge in [0.1, 0.15) is 5.75 Å². The first-order valence-electron chi connectivity index (χ1n) is 7.20. The molecule has 1 aliphatic carbocycles. The van der Waals surface area contributed by atoms with Crippen molar-refractivity contribution in [3.05, 3.63) is 18.2 Å². The molecule has 6 heteroatoms. The fraction of sp³-hybridized carbons (Fsp3) is 0.467. The van der Waals surface area contributed by atoms with Crippen LogP contribution >= 0.6 is 0 Å². The monoisotopic (exact) mass is 289 g/mol. The molecule has 6 nitrogen and oxygen atoms in total. The zero-order valence-corrected chi connectivity index (χ0v) is 11.9. The largest absolute Gasteiger partial charge is 0.479 e. The molecule has 0 spiro atoms. The van der Waals surface area contributed by atoms with Crippen LogP contribution in [0, 0.1) is 5.92 Å². The smallest absolute Gasteiger partial charge is 0.265 e. The molecule has 0 bridgehead atoms. The van der Waals surface area contributed by atoms with E-state index in [2.05, 4.69) is 10.6 Å². The average molecular weight is 289 g/mol. The summed E-state index contributed by atoms with van der Waals surface area (Å²) < 4.78 is 5.46. The number of rotatable bonds is 4. The van der Waals surface area contributed by atoms with Gasteiger partial charge in [0.15, 0.2) is 6.10 Å². The standard InChI is InChI=1S/C15H19N3O3/c1-8-15(20)18-12-6-10(4-5-13(12)21-8)17-14(19)7-11(16)9-2-3-9/h4-6,8-9,11H,2-3,7,16H2,1H3,(H,17,19)(H,18,20). The molecule has 1 heterocycles. The van der Waals surface area contributed by atoms with Crippen molar-refractivity contribution in [2.45, 2.75) is 38.3 Å². The number of amides is 2. The SMILES string of the molecule is CC1Oc2ccc(NC(=O)CC(N)C3CC3)cc2NC1=O. The van der Waals surface area contributed by atoms with Crippen molar-refractivity contribution in [3.8, 4) is 5.75 Å². The number of carbonyl (C=O) groups is 2. The highest BCUT2D eigenvalue weighted by Gasteiger charge is 2.30. The highest BCUT2D eigenvalue weighted by atomic mass is 16.5. The number of carbonyl (C=O) groups excluding carboxylic acids is 2. The molecule has 21 heavy (non-hydrogen) atoms. The van der Waals surface area contributed by atoms with Gasteiger partial charge in [-0.3, -0.25) is 9.59 Å². The Morgan fingerprint density at radius 3 is 3.00 bits per heavy atom. The fourth-order valence-corrected chi connectivity index (χ4v) is 2.40. The van der Waals surface area contributed by atoms with Crippen LogP contribution in [0.25, 0.3) is 0 Å². The zero-order chi connectivity index (χ0) is 15.0. The number of anilines is 2. The van der Waals surface area contributed by atoms with Crippen LogP contribution < -0.4 is 21.1 Å². The van der Waals surface area contributed by atoms with E-state index in [0.29, 0.717) is 29.5 Å². The minimum Gasteiger partial charge on any atom is -0.479 e.